The second-order valence-corrected chi connectivity index (χ2v) is 6.57. The Kier molecular flexibility index (Phi) is 6.20. The van der Waals surface area contributed by atoms with Gasteiger partial charge in [-0.25, -0.2) is 9.78 Å². The molecule has 3 rings (SSSR count). The second-order valence-electron chi connectivity index (χ2n) is 6.57. The summed E-state index contributed by atoms with van der Waals surface area (Å²) in [5.74, 6) is -0.184. The zero-order valence-corrected chi connectivity index (χ0v) is 14.7. The summed E-state index contributed by atoms with van der Waals surface area (Å²) < 4.78 is 33.9. The van der Waals surface area contributed by atoms with E-state index in [0.29, 0.717) is 18.3 Å². The lowest BCUT2D eigenvalue weighted by Crippen LogP contribution is -2.58. The first kappa shape index (κ1) is 18.8. The number of hydrogen-bond acceptors (Lipinski definition) is 5. The number of ether oxygens (including phenoxy) is 2. The number of urea groups is 1. The molecule has 2 aliphatic heterocycles. The lowest BCUT2D eigenvalue weighted by Gasteiger charge is -2.44. The Labute approximate surface area is 151 Å². The van der Waals surface area contributed by atoms with E-state index in [1.807, 2.05) is 6.92 Å². The highest BCUT2D eigenvalue weighted by molar-refractivity contribution is 5.89. The van der Waals surface area contributed by atoms with Crippen LogP contribution in [-0.2, 0) is 4.74 Å². The predicted molar refractivity (Wildman–Crippen MR) is 91.5 cm³/mol. The lowest BCUT2D eigenvalue weighted by molar-refractivity contribution is -0.0528. The summed E-state index contributed by atoms with van der Waals surface area (Å²) in [6.07, 6.45) is 3.38. The molecule has 0 radical (unpaired) electrons. The molecule has 0 aromatic carbocycles. The summed E-state index contributed by atoms with van der Waals surface area (Å²) in [4.78, 5) is 20.5. The molecule has 144 valence electrons. The van der Waals surface area contributed by atoms with Crippen molar-refractivity contribution in [2.24, 2.45) is 0 Å². The number of amides is 2. The van der Waals surface area contributed by atoms with E-state index >= 15 is 0 Å². The van der Waals surface area contributed by atoms with Crippen LogP contribution in [0.4, 0.5) is 19.3 Å². The Balaban J connectivity index is 1.52. The third-order valence-electron chi connectivity index (χ3n) is 4.82. The molecule has 7 nitrogen and oxygen atoms in total. The topological polar surface area (TPSA) is 66.9 Å². The molecular weight excluding hydrogens is 346 g/mol. The molecule has 9 heteroatoms. The van der Waals surface area contributed by atoms with E-state index in [1.54, 1.807) is 4.90 Å². The maximum Gasteiger partial charge on any atom is 0.388 e. The number of piperazine rings is 1. The molecule has 0 saturated carbocycles. The average molecular weight is 370 g/mol. The molecule has 0 bridgehead atoms. The predicted octanol–water partition coefficient (Wildman–Crippen LogP) is 2.40. The van der Waals surface area contributed by atoms with Crippen molar-refractivity contribution in [2.75, 3.05) is 38.2 Å². The number of aromatic nitrogens is 1. The van der Waals surface area contributed by atoms with Gasteiger partial charge in [-0.1, -0.05) is 0 Å². The van der Waals surface area contributed by atoms with Crippen LogP contribution in [-0.4, -0.2) is 72.4 Å². The van der Waals surface area contributed by atoms with Crippen LogP contribution in [0.1, 0.15) is 19.8 Å². The Morgan fingerprint density at radius 1 is 1.35 bits per heavy atom. The monoisotopic (exact) mass is 370 g/mol. The molecule has 1 aromatic heterocycles. The van der Waals surface area contributed by atoms with Crippen LogP contribution in [0.3, 0.4) is 0 Å². The van der Waals surface area contributed by atoms with E-state index in [9.17, 15) is 13.6 Å². The molecule has 2 fully saturated rings. The van der Waals surface area contributed by atoms with Crippen molar-refractivity contribution in [1.82, 2.24) is 14.8 Å². The van der Waals surface area contributed by atoms with E-state index in [2.05, 4.69) is 19.9 Å². The Morgan fingerprint density at radius 2 is 2.12 bits per heavy atom. The standard InChI is InChI=1S/C17H24F2N4O3/c1-12-11-22(14-4-8-25-9-5-14)6-7-23(12)17(24)21-13-2-3-15(20-10-13)26-16(18)19/h2-3,10,12,14,16H,4-9,11H2,1H3,(H,21,24)/t12-/m1/s1. The first-order chi connectivity index (χ1) is 12.5. The second kappa shape index (κ2) is 8.59. The van der Waals surface area contributed by atoms with Crippen molar-refractivity contribution in [3.05, 3.63) is 18.3 Å². The van der Waals surface area contributed by atoms with E-state index in [-0.39, 0.29) is 18.0 Å². The third kappa shape index (κ3) is 4.79. The molecule has 0 spiro atoms. The number of anilines is 1. The molecule has 1 aromatic rings. The average Bonchev–Trinajstić information content (AvgIpc) is 2.63. The van der Waals surface area contributed by atoms with Crippen molar-refractivity contribution in [3.8, 4) is 5.88 Å². The molecule has 26 heavy (non-hydrogen) atoms. The van der Waals surface area contributed by atoms with Crippen LogP contribution < -0.4 is 10.1 Å². The van der Waals surface area contributed by atoms with Gasteiger partial charge in [0.15, 0.2) is 0 Å². The minimum absolute atomic E-state index is 0.0843. The molecule has 3 heterocycles. The quantitative estimate of drug-likeness (QED) is 0.882. The molecule has 0 unspecified atom stereocenters. The number of halogens is 2. The van der Waals surface area contributed by atoms with Crippen molar-refractivity contribution in [1.29, 1.82) is 0 Å². The number of rotatable bonds is 4. The smallest absolute Gasteiger partial charge is 0.388 e. The van der Waals surface area contributed by atoms with Gasteiger partial charge in [-0.15, -0.1) is 0 Å². The van der Waals surface area contributed by atoms with Gasteiger partial charge < -0.3 is 19.7 Å². The number of hydrogen-bond donors (Lipinski definition) is 1. The minimum Gasteiger partial charge on any atom is -0.417 e. The molecule has 1 N–H and O–H groups in total. The SMILES string of the molecule is C[C@@H]1CN(C2CCOCC2)CCN1C(=O)Nc1ccc(OC(F)F)nc1. The van der Waals surface area contributed by atoms with Crippen LogP contribution >= 0.6 is 0 Å². The van der Waals surface area contributed by atoms with E-state index in [1.165, 1.54) is 18.3 Å². The molecule has 0 aliphatic carbocycles. The minimum atomic E-state index is -2.92. The maximum atomic E-state index is 12.5. The molecule has 1 atom stereocenters. The van der Waals surface area contributed by atoms with Crippen LogP contribution in [0, 0.1) is 0 Å². The van der Waals surface area contributed by atoms with Crippen molar-refractivity contribution < 1.29 is 23.0 Å². The molecular formula is C17H24F2N4O3. The Morgan fingerprint density at radius 3 is 2.73 bits per heavy atom. The van der Waals surface area contributed by atoms with Crippen LogP contribution in [0.5, 0.6) is 5.88 Å². The highest BCUT2D eigenvalue weighted by Crippen LogP contribution is 2.20. The van der Waals surface area contributed by atoms with Crippen molar-refractivity contribution in [3.63, 3.8) is 0 Å². The summed E-state index contributed by atoms with van der Waals surface area (Å²) in [5, 5.41) is 2.76. The summed E-state index contributed by atoms with van der Waals surface area (Å²) >= 11 is 0. The lowest BCUT2D eigenvalue weighted by atomic mass is 10.0. The van der Waals surface area contributed by atoms with Gasteiger partial charge in [0.2, 0.25) is 5.88 Å². The third-order valence-corrected chi connectivity index (χ3v) is 4.82. The number of pyridine rings is 1. The molecule has 2 saturated heterocycles. The van der Waals surface area contributed by atoms with Crippen molar-refractivity contribution >= 4 is 11.7 Å². The fourth-order valence-electron chi connectivity index (χ4n) is 3.48. The van der Waals surface area contributed by atoms with Gasteiger partial charge in [0.1, 0.15) is 0 Å². The zero-order chi connectivity index (χ0) is 18.5. The molecule has 2 amide bonds. The van der Waals surface area contributed by atoms with Gasteiger partial charge in [-0.05, 0) is 25.8 Å². The highest BCUT2D eigenvalue weighted by atomic mass is 19.3. The fraction of sp³-hybridized carbons (Fsp3) is 0.647. The number of carbonyl (C=O) groups is 1. The van der Waals surface area contributed by atoms with E-state index in [0.717, 1.165) is 39.1 Å². The summed E-state index contributed by atoms with van der Waals surface area (Å²) in [6.45, 7) is 3.03. The van der Waals surface area contributed by atoms with E-state index < -0.39 is 6.61 Å². The zero-order valence-electron chi connectivity index (χ0n) is 14.7. The van der Waals surface area contributed by atoms with Gasteiger partial charge in [0.25, 0.3) is 0 Å². The number of nitrogens with zero attached hydrogens (tertiary/aromatic N) is 3. The Hall–Kier alpha value is -2.00. The maximum absolute atomic E-state index is 12.5. The Bertz CT molecular complexity index is 596. The summed E-state index contributed by atoms with van der Waals surface area (Å²) in [5.41, 5.74) is 0.440. The fourth-order valence-corrected chi connectivity index (χ4v) is 3.48. The van der Waals surface area contributed by atoms with Crippen LogP contribution in [0.2, 0.25) is 0 Å². The van der Waals surface area contributed by atoms with Crippen LogP contribution in [0.15, 0.2) is 18.3 Å². The molecule has 2 aliphatic rings. The highest BCUT2D eigenvalue weighted by Gasteiger charge is 2.31. The first-order valence-corrected chi connectivity index (χ1v) is 8.83. The number of alkyl halides is 2. The first-order valence-electron chi connectivity index (χ1n) is 8.83. The normalized spacial score (nSPS) is 22.5. The summed E-state index contributed by atoms with van der Waals surface area (Å²) in [6, 6.07) is 3.19. The van der Waals surface area contributed by atoms with Gasteiger partial charge >= 0.3 is 12.6 Å². The van der Waals surface area contributed by atoms with E-state index in [4.69, 9.17) is 4.74 Å². The van der Waals surface area contributed by atoms with Crippen molar-refractivity contribution in [2.45, 2.75) is 38.5 Å². The van der Waals surface area contributed by atoms with Gasteiger partial charge in [-0.3, -0.25) is 4.90 Å². The number of nitrogens with one attached hydrogen (secondary N) is 1. The summed E-state index contributed by atoms with van der Waals surface area (Å²) in [7, 11) is 0. The van der Waals surface area contributed by atoms with Gasteiger partial charge in [-0.2, -0.15) is 8.78 Å². The number of carbonyl (C=O) groups excluding carboxylic acids is 1. The van der Waals surface area contributed by atoms with Gasteiger partial charge in [0.05, 0.1) is 11.9 Å². The van der Waals surface area contributed by atoms with Gasteiger partial charge in [0, 0.05) is 51.0 Å². The largest absolute Gasteiger partial charge is 0.417 e. The van der Waals surface area contributed by atoms with Crippen LogP contribution in [0.25, 0.3) is 0 Å².